The first-order valence-corrected chi connectivity index (χ1v) is 9.45. The molecule has 8 nitrogen and oxygen atoms in total. The van der Waals surface area contributed by atoms with Crippen molar-refractivity contribution in [2.24, 2.45) is 0 Å². The minimum absolute atomic E-state index is 0.117. The molecule has 0 radical (unpaired) electrons. The van der Waals surface area contributed by atoms with Crippen LogP contribution in [0.15, 0.2) is 28.6 Å². The van der Waals surface area contributed by atoms with Crippen molar-refractivity contribution >= 4 is 39.9 Å². The lowest BCUT2D eigenvalue weighted by atomic mass is 10.3. The summed E-state index contributed by atoms with van der Waals surface area (Å²) in [5.74, 6) is 1.54. The van der Waals surface area contributed by atoms with Crippen molar-refractivity contribution in [1.29, 1.82) is 0 Å². The zero-order valence-corrected chi connectivity index (χ0v) is 15.2. The van der Waals surface area contributed by atoms with Crippen LogP contribution in [0.5, 0.6) is 5.75 Å². The number of carbonyl (C=O) groups excluding carboxylic acids is 1. The summed E-state index contributed by atoms with van der Waals surface area (Å²) in [4.78, 5) is 12.0. The number of nitrogens with zero attached hydrogens (tertiary/aromatic N) is 2. The van der Waals surface area contributed by atoms with Gasteiger partial charge in [-0.3, -0.25) is 5.32 Å². The van der Waals surface area contributed by atoms with Gasteiger partial charge in [-0.05, 0) is 24.3 Å². The summed E-state index contributed by atoms with van der Waals surface area (Å²) in [6, 6.07) is 6.69. The monoisotopic (exact) mass is 382 g/mol. The molecule has 1 saturated heterocycles. The van der Waals surface area contributed by atoms with Gasteiger partial charge in [0.2, 0.25) is 5.13 Å². The number of amides is 2. The van der Waals surface area contributed by atoms with Gasteiger partial charge in [0.15, 0.2) is 10.6 Å². The van der Waals surface area contributed by atoms with E-state index in [-0.39, 0.29) is 12.3 Å². The zero-order valence-electron chi connectivity index (χ0n) is 13.6. The Hall–Kier alpha value is -1.88. The second-order valence-corrected chi connectivity index (χ2v) is 7.31. The van der Waals surface area contributed by atoms with Crippen LogP contribution in [0.1, 0.15) is 6.42 Å². The molecular formula is C15H18N4O4S2. The third kappa shape index (κ3) is 5.56. The third-order valence-electron chi connectivity index (χ3n) is 3.24. The first kappa shape index (κ1) is 17.9. The zero-order chi connectivity index (χ0) is 17.5. The Morgan fingerprint density at radius 3 is 2.76 bits per heavy atom. The van der Waals surface area contributed by atoms with Gasteiger partial charge in [0.1, 0.15) is 5.75 Å². The van der Waals surface area contributed by atoms with E-state index in [0.29, 0.717) is 24.0 Å². The van der Waals surface area contributed by atoms with E-state index in [1.54, 1.807) is 43.1 Å². The van der Waals surface area contributed by atoms with Gasteiger partial charge in [0.25, 0.3) is 0 Å². The first-order chi connectivity index (χ1) is 12.2. The van der Waals surface area contributed by atoms with Gasteiger partial charge in [0, 0.05) is 17.9 Å². The number of methoxy groups -OCH3 is 1. The fourth-order valence-corrected chi connectivity index (χ4v) is 3.85. The van der Waals surface area contributed by atoms with Crippen LogP contribution in [-0.4, -0.2) is 48.6 Å². The van der Waals surface area contributed by atoms with Crippen molar-refractivity contribution in [3.05, 3.63) is 24.3 Å². The number of rotatable bonds is 7. The molecule has 10 heteroatoms. The van der Waals surface area contributed by atoms with E-state index in [2.05, 4.69) is 20.8 Å². The summed E-state index contributed by atoms with van der Waals surface area (Å²) in [6.45, 7) is 1.32. The number of thioether (sulfide) groups is 1. The largest absolute Gasteiger partial charge is 0.497 e. The van der Waals surface area contributed by atoms with Crippen LogP contribution >= 0.6 is 23.1 Å². The van der Waals surface area contributed by atoms with E-state index in [4.69, 9.17) is 14.2 Å². The van der Waals surface area contributed by atoms with Crippen molar-refractivity contribution in [1.82, 2.24) is 10.2 Å². The molecule has 1 aromatic heterocycles. The Balaban J connectivity index is 1.42. The summed E-state index contributed by atoms with van der Waals surface area (Å²) in [5.41, 5.74) is 0.661. The highest BCUT2D eigenvalue weighted by atomic mass is 32.2. The molecule has 0 bridgehead atoms. The van der Waals surface area contributed by atoms with E-state index in [9.17, 15) is 4.79 Å². The maximum Gasteiger partial charge on any atom is 0.325 e. The number of benzene rings is 1. The number of carbonyl (C=O) groups is 1. The summed E-state index contributed by atoms with van der Waals surface area (Å²) >= 11 is 2.89. The minimum atomic E-state index is -0.370. The number of ether oxygens (including phenoxy) is 3. The molecule has 1 aliphatic heterocycles. The van der Waals surface area contributed by atoms with Crippen LogP contribution < -0.4 is 15.4 Å². The van der Waals surface area contributed by atoms with Gasteiger partial charge in [-0.2, -0.15) is 0 Å². The Morgan fingerprint density at radius 1 is 1.28 bits per heavy atom. The molecule has 25 heavy (non-hydrogen) atoms. The van der Waals surface area contributed by atoms with Crippen molar-refractivity contribution < 1.29 is 19.0 Å². The summed E-state index contributed by atoms with van der Waals surface area (Å²) < 4.78 is 16.6. The fraction of sp³-hybridized carbons (Fsp3) is 0.400. The van der Waals surface area contributed by atoms with Crippen LogP contribution in [0.3, 0.4) is 0 Å². The molecule has 2 N–H and O–H groups in total. The molecule has 2 amide bonds. The highest BCUT2D eigenvalue weighted by Gasteiger charge is 2.16. The molecule has 1 fully saturated rings. The summed E-state index contributed by atoms with van der Waals surface area (Å²) in [6.07, 6.45) is 0.679. The van der Waals surface area contributed by atoms with Crippen LogP contribution in [0.4, 0.5) is 15.6 Å². The lowest BCUT2D eigenvalue weighted by Crippen LogP contribution is -2.19. The standard InChI is InChI=1S/C15H18N4O4S2/c1-21-11-4-2-10(3-5-11)16-13(20)17-14-18-19-15(25-14)24-9-6-12-22-7-8-23-12/h2-5,12H,6-9H2,1H3,(H2,16,17,18,20). The third-order valence-corrected chi connectivity index (χ3v) is 5.25. The smallest absolute Gasteiger partial charge is 0.325 e. The highest BCUT2D eigenvalue weighted by molar-refractivity contribution is 8.01. The maximum absolute atomic E-state index is 12.0. The van der Waals surface area contributed by atoms with Gasteiger partial charge in [0.05, 0.1) is 20.3 Å². The Morgan fingerprint density at radius 2 is 2.04 bits per heavy atom. The van der Waals surface area contributed by atoms with Gasteiger partial charge >= 0.3 is 6.03 Å². The number of hydrogen-bond donors (Lipinski definition) is 2. The van der Waals surface area contributed by atoms with Gasteiger partial charge in [-0.15, -0.1) is 10.2 Å². The molecule has 134 valence electrons. The molecule has 1 aromatic carbocycles. The predicted molar refractivity (Wildman–Crippen MR) is 96.6 cm³/mol. The molecule has 2 aromatic rings. The number of hydrogen-bond acceptors (Lipinski definition) is 8. The van der Waals surface area contributed by atoms with Crippen LogP contribution in [0.2, 0.25) is 0 Å². The molecule has 0 unspecified atom stereocenters. The molecule has 0 spiro atoms. The number of nitrogens with one attached hydrogen (secondary N) is 2. The van der Waals surface area contributed by atoms with Crippen LogP contribution in [0, 0.1) is 0 Å². The van der Waals surface area contributed by atoms with E-state index >= 15 is 0 Å². The topological polar surface area (TPSA) is 94.6 Å². The summed E-state index contributed by atoms with van der Waals surface area (Å²) in [5, 5.41) is 13.9. The number of aromatic nitrogens is 2. The van der Waals surface area contributed by atoms with E-state index < -0.39 is 0 Å². The van der Waals surface area contributed by atoms with E-state index in [1.165, 1.54) is 11.3 Å². The SMILES string of the molecule is COc1ccc(NC(=O)Nc2nnc(SCCC3OCCO3)s2)cc1. The summed E-state index contributed by atoms with van der Waals surface area (Å²) in [7, 11) is 1.59. The Bertz CT molecular complexity index is 689. The average molecular weight is 382 g/mol. The number of urea groups is 1. The van der Waals surface area contributed by atoms with Crippen LogP contribution in [0.25, 0.3) is 0 Å². The molecule has 3 rings (SSSR count). The average Bonchev–Trinajstić information content (AvgIpc) is 3.28. The Labute approximate surface area is 153 Å². The number of anilines is 2. The Kier molecular flexibility index (Phi) is 6.45. The van der Waals surface area contributed by atoms with Crippen molar-refractivity contribution in [2.45, 2.75) is 17.1 Å². The minimum Gasteiger partial charge on any atom is -0.497 e. The second-order valence-electron chi connectivity index (χ2n) is 4.99. The second kappa shape index (κ2) is 8.99. The van der Waals surface area contributed by atoms with Gasteiger partial charge in [-0.1, -0.05) is 23.1 Å². The fourth-order valence-electron chi connectivity index (χ4n) is 2.07. The van der Waals surface area contributed by atoms with Crippen molar-refractivity contribution in [2.75, 3.05) is 36.7 Å². The van der Waals surface area contributed by atoms with E-state index in [1.807, 2.05) is 0 Å². The van der Waals surface area contributed by atoms with Crippen molar-refractivity contribution in [3.8, 4) is 5.75 Å². The lowest BCUT2D eigenvalue weighted by molar-refractivity contribution is -0.0421. The van der Waals surface area contributed by atoms with Gasteiger partial charge in [-0.25, -0.2) is 4.79 Å². The van der Waals surface area contributed by atoms with Crippen LogP contribution in [-0.2, 0) is 9.47 Å². The van der Waals surface area contributed by atoms with Gasteiger partial charge < -0.3 is 19.5 Å². The maximum atomic E-state index is 12.0. The normalized spacial score (nSPS) is 14.4. The lowest BCUT2D eigenvalue weighted by Gasteiger charge is -2.06. The molecule has 1 aliphatic rings. The molecule has 0 aliphatic carbocycles. The molecule has 2 heterocycles. The highest BCUT2D eigenvalue weighted by Crippen LogP contribution is 2.27. The quantitative estimate of drug-likeness (QED) is 0.561. The molecular weight excluding hydrogens is 364 g/mol. The van der Waals surface area contributed by atoms with E-state index in [0.717, 1.165) is 22.3 Å². The first-order valence-electron chi connectivity index (χ1n) is 7.64. The molecule has 0 atom stereocenters. The molecule has 0 saturated carbocycles. The van der Waals surface area contributed by atoms with Crippen molar-refractivity contribution in [3.63, 3.8) is 0 Å². The predicted octanol–water partition coefficient (Wildman–Crippen LogP) is 3.05.